The van der Waals surface area contributed by atoms with E-state index in [2.05, 4.69) is 38.0 Å². The molecule has 0 spiro atoms. The summed E-state index contributed by atoms with van der Waals surface area (Å²) in [4.78, 5) is 18.6. The van der Waals surface area contributed by atoms with Gasteiger partial charge in [-0.1, -0.05) is 18.2 Å². The van der Waals surface area contributed by atoms with Gasteiger partial charge >= 0.3 is 0 Å². The summed E-state index contributed by atoms with van der Waals surface area (Å²) in [6.45, 7) is 3.63. The van der Waals surface area contributed by atoms with E-state index in [0.29, 0.717) is 12.6 Å². The number of nitrogens with one attached hydrogen (secondary N) is 2. The molecular weight excluding hydrogens is 362 g/mol. The maximum atomic E-state index is 10.7. The maximum Gasteiger partial charge on any atom is 0.269 e. The second-order valence-corrected chi connectivity index (χ2v) is 7.48. The number of rotatable bonds is 7. The molecule has 1 unspecified atom stereocenters. The molecule has 2 N–H and O–H groups in total. The van der Waals surface area contributed by atoms with Crippen LogP contribution in [0, 0.1) is 10.1 Å². The van der Waals surface area contributed by atoms with Crippen LogP contribution >= 0.6 is 11.3 Å². The van der Waals surface area contributed by atoms with E-state index in [1.54, 1.807) is 30.5 Å². The van der Waals surface area contributed by atoms with Gasteiger partial charge in [-0.3, -0.25) is 20.0 Å². The van der Waals surface area contributed by atoms with E-state index in [1.165, 1.54) is 29.9 Å². The molecule has 0 radical (unpaired) electrons. The lowest BCUT2D eigenvalue weighted by Crippen LogP contribution is -2.42. The van der Waals surface area contributed by atoms with Gasteiger partial charge in [0.25, 0.3) is 5.69 Å². The van der Waals surface area contributed by atoms with Gasteiger partial charge in [0, 0.05) is 37.1 Å². The lowest BCUT2D eigenvalue weighted by Gasteiger charge is -2.27. The Kier molecular flexibility index (Phi) is 6.78. The Hall–Kier alpha value is -2.45. The van der Waals surface area contributed by atoms with Crippen LogP contribution in [0.5, 0.6) is 0 Å². The first-order chi connectivity index (χ1) is 13.2. The number of non-ortho nitro benzene ring substituents is 1. The predicted octanol–water partition coefficient (Wildman–Crippen LogP) is 3.16. The van der Waals surface area contributed by atoms with Crippen molar-refractivity contribution in [3.05, 3.63) is 62.3 Å². The number of benzene rings is 1. The van der Waals surface area contributed by atoms with Crippen molar-refractivity contribution in [3.8, 4) is 0 Å². The van der Waals surface area contributed by atoms with Crippen molar-refractivity contribution in [2.24, 2.45) is 4.99 Å². The molecule has 2 aromatic rings. The predicted molar refractivity (Wildman–Crippen MR) is 109 cm³/mol. The first-order valence-electron chi connectivity index (χ1n) is 9.12. The van der Waals surface area contributed by atoms with E-state index in [-0.39, 0.29) is 10.6 Å². The molecule has 1 aliphatic rings. The fourth-order valence-electron chi connectivity index (χ4n) is 3.28. The van der Waals surface area contributed by atoms with Crippen molar-refractivity contribution in [2.45, 2.75) is 25.4 Å². The van der Waals surface area contributed by atoms with Crippen LogP contribution in [0.2, 0.25) is 0 Å². The molecule has 7 nitrogen and oxygen atoms in total. The van der Waals surface area contributed by atoms with Crippen LogP contribution in [0.1, 0.15) is 29.3 Å². The van der Waals surface area contributed by atoms with Crippen LogP contribution in [-0.4, -0.2) is 42.5 Å². The molecule has 8 heteroatoms. The highest BCUT2D eigenvalue weighted by atomic mass is 32.1. The number of nitrogens with zero attached hydrogens (tertiary/aromatic N) is 3. The summed E-state index contributed by atoms with van der Waals surface area (Å²) in [7, 11) is 1.75. The fraction of sp³-hybridized carbons (Fsp3) is 0.421. The van der Waals surface area contributed by atoms with E-state index in [4.69, 9.17) is 0 Å². The van der Waals surface area contributed by atoms with E-state index in [0.717, 1.165) is 31.2 Å². The quantitative estimate of drug-likeness (QED) is 0.330. The molecular formula is C19H25N5O2S. The zero-order chi connectivity index (χ0) is 19.1. The van der Waals surface area contributed by atoms with Gasteiger partial charge in [-0.2, -0.15) is 0 Å². The van der Waals surface area contributed by atoms with Crippen LogP contribution < -0.4 is 10.6 Å². The molecule has 1 atom stereocenters. The molecule has 1 aromatic carbocycles. The van der Waals surface area contributed by atoms with Crippen LogP contribution in [0.4, 0.5) is 5.69 Å². The summed E-state index contributed by atoms with van der Waals surface area (Å²) in [5.74, 6) is 0.731. The summed E-state index contributed by atoms with van der Waals surface area (Å²) in [5.41, 5.74) is 1.07. The van der Waals surface area contributed by atoms with E-state index < -0.39 is 0 Å². The van der Waals surface area contributed by atoms with E-state index in [9.17, 15) is 10.1 Å². The maximum absolute atomic E-state index is 10.7. The van der Waals surface area contributed by atoms with Crippen molar-refractivity contribution >= 4 is 23.0 Å². The molecule has 0 aliphatic carbocycles. The van der Waals surface area contributed by atoms with Gasteiger partial charge in [-0.05, 0) is 42.9 Å². The number of aliphatic imine (C=N–C) groups is 1. The van der Waals surface area contributed by atoms with Gasteiger partial charge in [0.15, 0.2) is 5.96 Å². The van der Waals surface area contributed by atoms with Crippen LogP contribution in [0.3, 0.4) is 0 Å². The second-order valence-electron chi connectivity index (χ2n) is 6.50. The smallest absolute Gasteiger partial charge is 0.269 e. The van der Waals surface area contributed by atoms with Crippen LogP contribution in [0.15, 0.2) is 46.8 Å². The minimum absolute atomic E-state index is 0.102. The highest BCUT2D eigenvalue weighted by Gasteiger charge is 2.24. The number of guanidine groups is 1. The van der Waals surface area contributed by atoms with Crippen molar-refractivity contribution in [2.75, 3.05) is 26.7 Å². The van der Waals surface area contributed by atoms with Crippen LogP contribution in [0.25, 0.3) is 0 Å². The van der Waals surface area contributed by atoms with Gasteiger partial charge in [-0.25, -0.2) is 0 Å². The van der Waals surface area contributed by atoms with Gasteiger partial charge in [-0.15, -0.1) is 11.3 Å². The molecule has 0 bridgehead atoms. The minimum atomic E-state index is -0.388. The summed E-state index contributed by atoms with van der Waals surface area (Å²) < 4.78 is 0. The lowest BCUT2D eigenvalue weighted by atomic mass is 10.2. The number of thiophene rings is 1. The average molecular weight is 388 g/mol. The van der Waals surface area contributed by atoms with Crippen molar-refractivity contribution in [1.29, 1.82) is 0 Å². The number of hydrogen-bond donors (Lipinski definition) is 2. The first kappa shape index (κ1) is 19.3. The van der Waals surface area contributed by atoms with Gasteiger partial charge in [0.1, 0.15) is 0 Å². The number of hydrogen-bond acceptors (Lipinski definition) is 5. The van der Waals surface area contributed by atoms with E-state index >= 15 is 0 Å². The Labute approximate surface area is 163 Å². The normalized spacial score (nSPS) is 16.3. The monoisotopic (exact) mass is 387 g/mol. The Morgan fingerprint density at radius 1 is 1.26 bits per heavy atom. The summed E-state index contributed by atoms with van der Waals surface area (Å²) >= 11 is 1.79. The first-order valence-corrected chi connectivity index (χ1v) is 10.0. The standard InChI is InChI=1S/C19H25N5O2S/c1-20-19(21-13-15-6-8-16(9-7-15)24(25)26)22-14-17(18-5-4-12-27-18)23-10-2-3-11-23/h4-9,12,17H,2-3,10-11,13-14H2,1H3,(H2,20,21,22). The molecule has 1 saturated heterocycles. The number of nitro groups is 1. The molecule has 1 fully saturated rings. The Balaban J connectivity index is 1.55. The topological polar surface area (TPSA) is 82.8 Å². The Morgan fingerprint density at radius 3 is 2.59 bits per heavy atom. The zero-order valence-corrected chi connectivity index (χ0v) is 16.2. The van der Waals surface area contributed by atoms with Crippen molar-refractivity contribution in [1.82, 2.24) is 15.5 Å². The molecule has 0 amide bonds. The highest BCUT2D eigenvalue weighted by Crippen LogP contribution is 2.27. The highest BCUT2D eigenvalue weighted by molar-refractivity contribution is 7.10. The zero-order valence-electron chi connectivity index (χ0n) is 15.4. The Morgan fingerprint density at radius 2 is 2.00 bits per heavy atom. The van der Waals surface area contributed by atoms with Gasteiger partial charge in [0.05, 0.1) is 11.0 Å². The van der Waals surface area contributed by atoms with Crippen molar-refractivity contribution in [3.63, 3.8) is 0 Å². The largest absolute Gasteiger partial charge is 0.354 e. The van der Waals surface area contributed by atoms with E-state index in [1.807, 2.05) is 0 Å². The third kappa shape index (κ3) is 5.27. The van der Waals surface area contributed by atoms with Gasteiger partial charge in [0.2, 0.25) is 0 Å². The summed E-state index contributed by atoms with van der Waals surface area (Å²) in [5, 5.41) is 19.6. The molecule has 1 aliphatic heterocycles. The molecule has 144 valence electrons. The molecule has 3 rings (SSSR count). The molecule has 2 heterocycles. The second kappa shape index (κ2) is 9.48. The summed E-state index contributed by atoms with van der Waals surface area (Å²) in [6, 6.07) is 11.2. The Bertz CT molecular complexity index is 755. The van der Waals surface area contributed by atoms with Crippen LogP contribution in [-0.2, 0) is 6.54 Å². The fourth-order valence-corrected chi connectivity index (χ4v) is 4.14. The minimum Gasteiger partial charge on any atom is -0.354 e. The number of nitro benzene ring substituents is 1. The molecule has 27 heavy (non-hydrogen) atoms. The lowest BCUT2D eigenvalue weighted by molar-refractivity contribution is -0.384. The average Bonchev–Trinajstić information content (AvgIpc) is 3.39. The number of likely N-dealkylation sites (tertiary alicyclic amines) is 1. The molecule has 0 saturated carbocycles. The summed E-state index contributed by atoms with van der Waals surface area (Å²) in [6.07, 6.45) is 2.52. The molecule has 1 aromatic heterocycles. The third-order valence-corrected chi connectivity index (χ3v) is 5.72. The third-order valence-electron chi connectivity index (χ3n) is 4.75. The van der Waals surface area contributed by atoms with Crippen molar-refractivity contribution < 1.29 is 4.92 Å². The van der Waals surface area contributed by atoms with Gasteiger partial charge < -0.3 is 10.6 Å². The SMILES string of the molecule is CN=C(NCc1ccc([N+](=O)[O-])cc1)NCC(c1cccs1)N1CCCC1.